The highest BCUT2D eigenvalue weighted by atomic mass is 35.5. The number of nitrogens with one attached hydrogen (secondary N) is 2. The van der Waals surface area contributed by atoms with E-state index in [-0.39, 0.29) is 30.8 Å². The number of para-hydroxylation sites is 1. The fourth-order valence-electron chi connectivity index (χ4n) is 3.21. The molecule has 3 rings (SSSR count). The fraction of sp³-hybridized carbons (Fsp3) is 0.286. The zero-order valence-electron chi connectivity index (χ0n) is 16.0. The van der Waals surface area contributed by atoms with E-state index in [1.54, 1.807) is 7.11 Å². The van der Waals surface area contributed by atoms with Gasteiger partial charge in [0, 0.05) is 36.7 Å². The normalized spacial score (nSPS) is 12.8. The molecule has 3 aromatic rings. The Morgan fingerprint density at radius 3 is 2.54 bits per heavy atom. The Labute approximate surface area is 170 Å². The van der Waals surface area contributed by atoms with Gasteiger partial charge in [-0.25, -0.2) is 0 Å². The van der Waals surface area contributed by atoms with Gasteiger partial charge in [-0.3, -0.25) is 4.79 Å². The highest BCUT2D eigenvalue weighted by Crippen LogP contribution is 2.31. The second-order valence-corrected chi connectivity index (χ2v) is 6.42. The largest absolute Gasteiger partial charge is 0.497 e. The first-order valence-corrected chi connectivity index (χ1v) is 8.86. The number of H-pyrrole nitrogens is 1. The minimum atomic E-state index is -0.686. The van der Waals surface area contributed by atoms with E-state index in [4.69, 9.17) is 15.2 Å². The first-order chi connectivity index (χ1) is 13.1. The number of hydrogen-bond acceptors (Lipinski definition) is 4. The minimum absolute atomic E-state index is 0. The molecule has 2 aromatic carbocycles. The van der Waals surface area contributed by atoms with Crippen LogP contribution in [0.25, 0.3) is 10.9 Å². The van der Waals surface area contributed by atoms with Crippen molar-refractivity contribution >= 4 is 29.2 Å². The van der Waals surface area contributed by atoms with Gasteiger partial charge in [0.2, 0.25) is 5.91 Å². The molecule has 0 spiro atoms. The van der Waals surface area contributed by atoms with Crippen LogP contribution in [-0.2, 0) is 9.53 Å². The van der Waals surface area contributed by atoms with Gasteiger partial charge in [-0.15, -0.1) is 12.4 Å². The predicted octanol–water partition coefficient (Wildman–Crippen LogP) is 2.82. The number of carbonyl (C=O) groups excluding carboxylic acids is 1. The number of aromatic nitrogens is 1. The summed E-state index contributed by atoms with van der Waals surface area (Å²) in [6, 6.07) is 15.3. The number of halogens is 1. The van der Waals surface area contributed by atoms with Gasteiger partial charge in [-0.2, -0.15) is 0 Å². The van der Waals surface area contributed by atoms with Gasteiger partial charge in [-0.05, 0) is 29.3 Å². The zero-order valence-corrected chi connectivity index (χ0v) is 16.8. The fourth-order valence-corrected chi connectivity index (χ4v) is 3.21. The third-order valence-electron chi connectivity index (χ3n) is 4.68. The van der Waals surface area contributed by atoms with Crippen molar-refractivity contribution in [2.45, 2.75) is 12.0 Å². The molecule has 6 nitrogen and oxygen atoms in total. The number of nitrogens with two attached hydrogens (primary N) is 1. The molecule has 0 fully saturated rings. The van der Waals surface area contributed by atoms with Crippen LogP contribution in [0, 0.1) is 0 Å². The van der Waals surface area contributed by atoms with E-state index < -0.39 is 6.04 Å². The number of methoxy groups -OCH3 is 2. The van der Waals surface area contributed by atoms with Crippen LogP contribution in [0.2, 0.25) is 0 Å². The second-order valence-electron chi connectivity index (χ2n) is 6.42. The monoisotopic (exact) mass is 403 g/mol. The minimum Gasteiger partial charge on any atom is -0.497 e. The van der Waals surface area contributed by atoms with E-state index in [9.17, 15) is 4.79 Å². The molecule has 2 unspecified atom stereocenters. The Hall–Kier alpha value is -2.54. The summed E-state index contributed by atoms with van der Waals surface area (Å²) in [5, 5.41) is 4.09. The molecule has 1 amide bonds. The maximum Gasteiger partial charge on any atom is 0.239 e. The summed E-state index contributed by atoms with van der Waals surface area (Å²) in [7, 11) is 3.17. The lowest BCUT2D eigenvalue weighted by atomic mass is 9.90. The molecule has 1 aromatic heterocycles. The SMILES string of the molecule is COCC(N)C(=O)NCC(c1ccc(OC)cc1)c1c[nH]c2ccccc12.Cl. The van der Waals surface area contributed by atoms with Crippen molar-refractivity contribution in [2.24, 2.45) is 5.73 Å². The number of amides is 1. The lowest BCUT2D eigenvalue weighted by Crippen LogP contribution is -2.44. The van der Waals surface area contributed by atoms with Crippen molar-refractivity contribution in [3.63, 3.8) is 0 Å². The average molecular weight is 404 g/mol. The van der Waals surface area contributed by atoms with Crippen LogP contribution in [0.1, 0.15) is 17.0 Å². The predicted molar refractivity (Wildman–Crippen MR) is 113 cm³/mol. The molecule has 0 aliphatic carbocycles. The van der Waals surface area contributed by atoms with E-state index in [0.29, 0.717) is 6.54 Å². The molecule has 7 heteroatoms. The number of benzene rings is 2. The summed E-state index contributed by atoms with van der Waals surface area (Å²) in [6.07, 6.45) is 2.00. The number of rotatable bonds is 8. The van der Waals surface area contributed by atoms with Gasteiger partial charge in [0.05, 0.1) is 13.7 Å². The molecular weight excluding hydrogens is 378 g/mol. The van der Waals surface area contributed by atoms with Crippen LogP contribution in [0.15, 0.2) is 54.7 Å². The number of fused-ring (bicyclic) bond motifs is 1. The molecule has 1 heterocycles. The molecule has 0 saturated carbocycles. The van der Waals surface area contributed by atoms with Crippen LogP contribution < -0.4 is 15.8 Å². The van der Waals surface area contributed by atoms with Crippen molar-refractivity contribution in [1.82, 2.24) is 10.3 Å². The van der Waals surface area contributed by atoms with E-state index in [1.807, 2.05) is 48.7 Å². The lowest BCUT2D eigenvalue weighted by Gasteiger charge is -2.20. The third kappa shape index (κ3) is 4.84. The van der Waals surface area contributed by atoms with Crippen molar-refractivity contribution in [2.75, 3.05) is 27.4 Å². The van der Waals surface area contributed by atoms with Gasteiger partial charge >= 0.3 is 0 Å². The Morgan fingerprint density at radius 1 is 1.14 bits per heavy atom. The van der Waals surface area contributed by atoms with Crippen molar-refractivity contribution < 1.29 is 14.3 Å². The summed E-state index contributed by atoms with van der Waals surface area (Å²) in [5.74, 6) is 0.545. The second kappa shape index (κ2) is 10.1. The van der Waals surface area contributed by atoms with E-state index >= 15 is 0 Å². The molecule has 0 bridgehead atoms. The van der Waals surface area contributed by atoms with Crippen molar-refractivity contribution in [1.29, 1.82) is 0 Å². The van der Waals surface area contributed by atoms with Crippen molar-refractivity contribution in [3.8, 4) is 5.75 Å². The van der Waals surface area contributed by atoms with Gasteiger partial charge in [0.15, 0.2) is 0 Å². The summed E-state index contributed by atoms with van der Waals surface area (Å²) >= 11 is 0. The van der Waals surface area contributed by atoms with Gasteiger partial charge < -0.3 is 25.5 Å². The lowest BCUT2D eigenvalue weighted by molar-refractivity contribution is -0.123. The molecule has 150 valence electrons. The zero-order chi connectivity index (χ0) is 19.2. The summed E-state index contributed by atoms with van der Waals surface area (Å²) < 4.78 is 10.2. The Balaban J connectivity index is 0.00000280. The third-order valence-corrected chi connectivity index (χ3v) is 4.68. The molecule has 0 aliphatic heterocycles. The topological polar surface area (TPSA) is 89.4 Å². The molecule has 4 N–H and O–H groups in total. The van der Waals surface area contributed by atoms with Crippen LogP contribution in [0.5, 0.6) is 5.75 Å². The van der Waals surface area contributed by atoms with Crippen LogP contribution in [-0.4, -0.2) is 44.3 Å². The Morgan fingerprint density at radius 2 is 1.86 bits per heavy atom. The molecule has 2 atom stereocenters. The van der Waals surface area contributed by atoms with Gasteiger partial charge in [0.1, 0.15) is 11.8 Å². The maximum atomic E-state index is 12.3. The number of carbonyl (C=O) groups is 1. The summed E-state index contributed by atoms with van der Waals surface area (Å²) in [6.45, 7) is 0.622. The number of ether oxygens (including phenoxy) is 2. The average Bonchev–Trinajstić information content (AvgIpc) is 3.12. The van der Waals surface area contributed by atoms with E-state index in [1.165, 1.54) is 7.11 Å². The summed E-state index contributed by atoms with van der Waals surface area (Å²) in [5.41, 5.74) is 9.11. The van der Waals surface area contributed by atoms with Crippen LogP contribution in [0.4, 0.5) is 0 Å². The molecular formula is C21H26ClN3O3. The highest BCUT2D eigenvalue weighted by Gasteiger charge is 2.21. The molecule has 0 aliphatic rings. The summed E-state index contributed by atoms with van der Waals surface area (Å²) in [4.78, 5) is 15.6. The highest BCUT2D eigenvalue weighted by molar-refractivity contribution is 5.85. The quantitative estimate of drug-likeness (QED) is 0.539. The standard InChI is InChI=1S/C21H25N3O3.ClH/c1-26-13-19(22)21(25)24-11-17(14-7-9-15(27-2)10-8-14)18-12-23-20-6-4-3-5-16(18)20;/h3-10,12,17,19,23H,11,13,22H2,1-2H3,(H,24,25);1H. The first kappa shape index (κ1) is 21.8. The van der Waals surface area contributed by atoms with Crippen molar-refractivity contribution in [3.05, 3.63) is 65.9 Å². The molecule has 28 heavy (non-hydrogen) atoms. The molecule has 0 radical (unpaired) electrons. The molecule has 0 saturated heterocycles. The Kier molecular flexibility index (Phi) is 7.87. The maximum absolute atomic E-state index is 12.3. The van der Waals surface area contributed by atoms with Gasteiger partial charge in [0.25, 0.3) is 0 Å². The van der Waals surface area contributed by atoms with E-state index in [0.717, 1.165) is 27.8 Å². The number of hydrogen-bond donors (Lipinski definition) is 3. The Bertz CT molecular complexity index is 895. The van der Waals surface area contributed by atoms with Gasteiger partial charge in [-0.1, -0.05) is 30.3 Å². The van der Waals surface area contributed by atoms with Crippen LogP contribution >= 0.6 is 12.4 Å². The first-order valence-electron chi connectivity index (χ1n) is 8.86. The van der Waals surface area contributed by atoms with E-state index in [2.05, 4.69) is 16.4 Å². The van der Waals surface area contributed by atoms with Crippen LogP contribution in [0.3, 0.4) is 0 Å². The number of aromatic amines is 1. The smallest absolute Gasteiger partial charge is 0.239 e.